The summed E-state index contributed by atoms with van der Waals surface area (Å²) >= 11 is 0. The summed E-state index contributed by atoms with van der Waals surface area (Å²) in [6.45, 7) is 8.98. The maximum atomic E-state index is 12.7. The zero-order valence-electron chi connectivity index (χ0n) is 37.4. The van der Waals surface area contributed by atoms with Crippen molar-refractivity contribution in [2.75, 3.05) is 13.2 Å². The van der Waals surface area contributed by atoms with Crippen LogP contribution in [0.15, 0.2) is 0 Å². The second kappa shape index (κ2) is 43.5. The van der Waals surface area contributed by atoms with Gasteiger partial charge in [-0.1, -0.05) is 233 Å². The molecule has 6 heteroatoms. The van der Waals surface area contributed by atoms with E-state index in [1.807, 2.05) is 0 Å². The number of carbonyl (C=O) groups excluding carboxylic acids is 3. The van der Waals surface area contributed by atoms with Gasteiger partial charge in [0.25, 0.3) is 0 Å². The third kappa shape index (κ3) is 43.4. The van der Waals surface area contributed by atoms with E-state index in [1.54, 1.807) is 0 Å². The van der Waals surface area contributed by atoms with E-state index in [2.05, 4.69) is 27.7 Å². The Morgan fingerprint density at radius 3 is 0.891 bits per heavy atom. The largest absolute Gasteiger partial charge is 0.462 e. The molecule has 0 aromatic rings. The molecule has 326 valence electrons. The number of rotatable bonds is 44. The number of esters is 3. The topological polar surface area (TPSA) is 78.9 Å². The van der Waals surface area contributed by atoms with E-state index in [9.17, 15) is 14.4 Å². The van der Waals surface area contributed by atoms with Gasteiger partial charge in [-0.15, -0.1) is 0 Å². The maximum absolute atomic E-state index is 12.7. The van der Waals surface area contributed by atoms with Crippen LogP contribution in [0, 0.1) is 5.92 Å². The first kappa shape index (κ1) is 53.4. The molecule has 0 unspecified atom stereocenters. The summed E-state index contributed by atoms with van der Waals surface area (Å²) in [6.07, 6.45) is 43.7. The van der Waals surface area contributed by atoms with Crippen molar-refractivity contribution in [2.45, 2.75) is 278 Å². The molecule has 0 aliphatic heterocycles. The van der Waals surface area contributed by atoms with Crippen LogP contribution < -0.4 is 0 Å². The molecule has 1 atom stereocenters. The van der Waals surface area contributed by atoms with Crippen LogP contribution in [0.25, 0.3) is 0 Å². The van der Waals surface area contributed by atoms with Gasteiger partial charge in [-0.3, -0.25) is 14.4 Å². The summed E-state index contributed by atoms with van der Waals surface area (Å²) < 4.78 is 16.8. The van der Waals surface area contributed by atoms with Gasteiger partial charge in [-0.05, 0) is 25.2 Å². The monoisotopic (exact) mass is 779 g/mol. The fourth-order valence-corrected chi connectivity index (χ4v) is 7.33. The third-order valence-electron chi connectivity index (χ3n) is 11.0. The molecule has 0 heterocycles. The third-order valence-corrected chi connectivity index (χ3v) is 11.0. The van der Waals surface area contributed by atoms with Crippen LogP contribution in [0.4, 0.5) is 0 Å². The van der Waals surface area contributed by atoms with E-state index in [-0.39, 0.29) is 31.1 Å². The van der Waals surface area contributed by atoms with Crippen molar-refractivity contribution in [3.8, 4) is 0 Å². The molecule has 0 aliphatic rings. The number of unbranched alkanes of at least 4 members (excludes halogenated alkanes) is 31. The first-order chi connectivity index (χ1) is 26.9. The summed E-state index contributed by atoms with van der Waals surface area (Å²) in [5.41, 5.74) is 0. The lowest BCUT2D eigenvalue weighted by Crippen LogP contribution is -2.30. The van der Waals surface area contributed by atoms with Gasteiger partial charge in [0.2, 0.25) is 0 Å². The van der Waals surface area contributed by atoms with Crippen molar-refractivity contribution >= 4 is 17.9 Å². The van der Waals surface area contributed by atoms with E-state index in [0.29, 0.717) is 19.3 Å². The Morgan fingerprint density at radius 2 is 0.600 bits per heavy atom. The van der Waals surface area contributed by atoms with Gasteiger partial charge in [0.15, 0.2) is 6.10 Å². The fourth-order valence-electron chi connectivity index (χ4n) is 7.33. The number of hydrogen-bond acceptors (Lipinski definition) is 6. The molecule has 0 amide bonds. The van der Waals surface area contributed by atoms with Crippen LogP contribution in [0.3, 0.4) is 0 Å². The van der Waals surface area contributed by atoms with Gasteiger partial charge < -0.3 is 14.2 Å². The SMILES string of the molecule is CCCCCCCCCCCCCCCCC(=O)OC[C@H](COC(=O)CCCCCCCCCCCCCC)OC(=O)CCCCCCCCCCC(C)C. The number of hydrogen-bond donors (Lipinski definition) is 0. The van der Waals surface area contributed by atoms with Crippen molar-refractivity contribution in [3.05, 3.63) is 0 Å². The highest BCUT2D eigenvalue weighted by Gasteiger charge is 2.19. The average Bonchev–Trinajstić information content (AvgIpc) is 3.17. The van der Waals surface area contributed by atoms with Crippen LogP contribution in [0.2, 0.25) is 0 Å². The highest BCUT2D eigenvalue weighted by molar-refractivity contribution is 5.71. The fraction of sp³-hybridized carbons (Fsp3) is 0.939. The van der Waals surface area contributed by atoms with Crippen molar-refractivity contribution < 1.29 is 28.6 Å². The lowest BCUT2D eigenvalue weighted by Gasteiger charge is -2.18. The Labute approximate surface area is 342 Å². The normalized spacial score (nSPS) is 11.9. The average molecular weight is 779 g/mol. The van der Waals surface area contributed by atoms with Gasteiger partial charge in [-0.25, -0.2) is 0 Å². The predicted molar refractivity (Wildman–Crippen MR) is 233 cm³/mol. The number of ether oxygens (including phenoxy) is 3. The first-order valence-electron chi connectivity index (χ1n) is 24.4. The molecule has 0 rings (SSSR count). The van der Waals surface area contributed by atoms with Gasteiger partial charge in [-0.2, -0.15) is 0 Å². The van der Waals surface area contributed by atoms with Gasteiger partial charge in [0.1, 0.15) is 13.2 Å². The Hall–Kier alpha value is -1.59. The lowest BCUT2D eigenvalue weighted by atomic mass is 10.0. The molecule has 55 heavy (non-hydrogen) atoms. The van der Waals surface area contributed by atoms with Crippen LogP contribution in [-0.2, 0) is 28.6 Å². The van der Waals surface area contributed by atoms with Crippen molar-refractivity contribution in [3.63, 3.8) is 0 Å². The quantitative estimate of drug-likeness (QED) is 0.0348. The molecular formula is C49H94O6. The van der Waals surface area contributed by atoms with Crippen LogP contribution in [-0.4, -0.2) is 37.2 Å². The molecule has 0 fully saturated rings. The Kier molecular flexibility index (Phi) is 42.3. The van der Waals surface area contributed by atoms with Gasteiger partial charge in [0.05, 0.1) is 0 Å². The van der Waals surface area contributed by atoms with Crippen LogP contribution in [0.1, 0.15) is 272 Å². The summed E-state index contributed by atoms with van der Waals surface area (Å²) in [5, 5.41) is 0. The minimum Gasteiger partial charge on any atom is -0.462 e. The van der Waals surface area contributed by atoms with Crippen molar-refractivity contribution in [1.82, 2.24) is 0 Å². The lowest BCUT2D eigenvalue weighted by molar-refractivity contribution is -0.167. The summed E-state index contributed by atoms with van der Waals surface area (Å²) in [7, 11) is 0. The molecule has 0 spiro atoms. The highest BCUT2D eigenvalue weighted by Crippen LogP contribution is 2.16. The van der Waals surface area contributed by atoms with E-state index < -0.39 is 6.10 Å². The molecule has 0 bridgehead atoms. The molecule has 0 saturated carbocycles. The van der Waals surface area contributed by atoms with Crippen LogP contribution in [0.5, 0.6) is 0 Å². The Bertz CT molecular complexity index is 826. The van der Waals surface area contributed by atoms with Crippen molar-refractivity contribution in [2.24, 2.45) is 5.92 Å². The van der Waals surface area contributed by atoms with E-state index in [0.717, 1.165) is 63.7 Å². The molecule has 0 aromatic heterocycles. The van der Waals surface area contributed by atoms with Gasteiger partial charge in [0, 0.05) is 19.3 Å². The highest BCUT2D eigenvalue weighted by atomic mass is 16.6. The molecule has 0 saturated heterocycles. The molecule has 6 nitrogen and oxygen atoms in total. The molecular weight excluding hydrogens is 685 g/mol. The maximum Gasteiger partial charge on any atom is 0.306 e. The second-order valence-electron chi connectivity index (χ2n) is 17.2. The second-order valence-corrected chi connectivity index (χ2v) is 17.2. The minimum atomic E-state index is -0.760. The Morgan fingerprint density at radius 1 is 0.345 bits per heavy atom. The molecule has 0 aliphatic carbocycles. The number of carbonyl (C=O) groups is 3. The standard InChI is InChI=1S/C49H94O6/c1-5-7-9-11-13-15-17-19-20-22-24-29-33-37-41-48(51)54-44-46(55-49(52)42-38-34-30-26-25-27-31-35-39-45(3)4)43-53-47(50)40-36-32-28-23-21-18-16-14-12-10-8-6-2/h45-46H,5-44H2,1-4H3/t46-/m0/s1. The first-order valence-corrected chi connectivity index (χ1v) is 24.4. The molecule has 0 radical (unpaired) electrons. The zero-order valence-corrected chi connectivity index (χ0v) is 37.4. The van der Waals surface area contributed by atoms with Gasteiger partial charge >= 0.3 is 17.9 Å². The summed E-state index contributed by atoms with van der Waals surface area (Å²) in [6, 6.07) is 0. The van der Waals surface area contributed by atoms with E-state index >= 15 is 0 Å². The molecule has 0 N–H and O–H groups in total. The van der Waals surface area contributed by atoms with Crippen LogP contribution >= 0.6 is 0 Å². The zero-order chi connectivity index (χ0) is 40.3. The molecule has 0 aromatic carbocycles. The van der Waals surface area contributed by atoms with E-state index in [1.165, 1.54) is 167 Å². The summed E-state index contributed by atoms with van der Waals surface area (Å²) in [5.74, 6) is -0.0573. The Balaban J connectivity index is 4.31. The van der Waals surface area contributed by atoms with Crippen molar-refractivity contribution in [1.29, 1.82) is 0 Å². The summed E-state index contributed by atoms with van der Waals surface area (Å²) in [4.78, 5) is 37.8. The van der Waals surface area contributed by atoms with E-state index in [4.69, 9.17) is 14.2 Å². The smallest absolute Gasteiger partial charge is 0.306 e. The minimum absolute atomic E-state index is 0.0636. The predicted octanol–water partition coefficient (Wildman–Crippen LogP) is 15.5.